The fraction of sp³-hybridized carbons (Fsp3) is 0.118. The molecule has 0 atom stereocenters. The molecule has 3 rings (SSSR count). The number of benzene rings is 2. The number of rotatable bonds is 2. The molecule has 1 N–H and O–H groups in total. The van der Waals surface area contributed by atoms with E-state index in [0.29, 0.717) is 16.8 Å². The first kappa shape index (κ1) is 14.1. The highest BCUT2D eigenvalue weighted by atomic mass is 19.1. The Morgan fingerprint density at radius 2 is 1.59 bits per heavy atom. The van der Waals surface area contributed by atoms with Crippen molar-refractivity contribution in [3.63, 3.8) is 0 Å². The normalized spacial score (nSPS) is 10.7. The summed E-state index contributed by atoms with van der Waals surface area (Å²) in [6.45, 7) is 3.78. The highest BCUT2D eigenvalue weighted by molar-refractivity contribution is 6.05. The summed E-state index contributed by atoms with van der Waals surface area (Å²) in [4.78, 5) is 21.1. The quantitative estimate of drug-likeness (QED) is 0.785. The minimum absolute atomic E-state index is 0.270. The molecule has 0 unspecified atom stereocenters. The number of aryl methyl sites for hydroxylation is 2. The molecule has 1 amide bonds. The zero-order valence-corrected chi connectivity index (χ0v) is 12.2. The molecule has 0 spiro atoms. The summed E-state index contributed by atoms with van der Waals surface area (Å²) in [6, 6.07) is 10.8. The van der Waals surface area contributed by atoms with Crippen LogP contribution in [0.3, 0.4) is 0 Å². The number of hydrogen-bond acceptors (Lipinski definition) is 3. The molecule has 0 aliphatic heterocycles. The van der Waals surface area contributed by atoms with Crippen molar-refractivity contribution < 1.29 is 9.18 Å². The minimum Gasteiger partial charge on any atom is -0.322 e. The number of hydrogen-bond donors (Lipinski definition) is 1. The van der Waals surface area contributed by atoms with E-state index in [1.807, 2.05) is 13.8 Å². The van der Waals surface area contributed by atoms with Gasteiger partial charge in [0.25, 0.3) is 5.91 Å². The van der Waals surface area contributed by atoms with E-state index in [0.717, 1.165) is 16.9 Å². The second-order valence-corrected chi connectivity index (χ2v) is 5.06. The highest BCUT2D eigenvalue weighted by Crippen LogP contribution is 2.16. The van der Waals surface area contributed by atoms with Gasteiger partial charge >= 0.3 is 0 Å². The Hall–Kier alpha value is -2.82. The molecule has 0 bridgehead atoms. The van der Waals surface area contributed by atoms with E-state index in [2.05, 4.69) is 15.3 Å². The van der Waals surface area contributed by atoms with E-state index in [1.54, 1.807) is 18.2 Å². The Kier molecular flexibility index (Phi) is 3.55. The molecule has 0 aliphatic rings. The van der Waals surface area contributed by atoms with Gasteiger partial charge in [-0.1, -0.05) is 0 Å². The van der Waals surface area contributed by atoms with Gasteiger partial charge in [-0.25, -0.2) is 14.4 Å². The van der Waals surface area contributed by atoms with Crippen molar-refractivity contribution in [3.8, 4) is 0 Å². The van der Waals surface area contributed by atoms with Crippen LogP contribution in [-0.4, -0.2) is 15.9 Å². The zero-order valence-electron chi connectivity index (χ0n) is 12.2. The van der Waals surface area contributed by atoms with E-state index >= 15 is 0 Å². The Morgan fingerprint density at radius 1 is 0.955 bits per heavy atom. The molecular weight excluding hydrogens is 281 g/mol. The molecule has 0 aliphatic carbocycles. The van der Waals surface area contributed by atoms with Crippen molar-refractivity contribution in [1.82, 2.24) is 9.97 Å². The monoisotopic (exact) mass is 295 g/mol. The summed E-state index contributed by atoms with van der Waals surface area (Å²) in [6.07, 6.45) is 0. The molecule has 1 heterocycles. The summed E-state index contributed by atoms with van der Waals surface area (Å²) >= 11 is 0. The molecule has 3 aromatic rings. The van der Waals surface area contributed by atoms with Crippen molar-refractivity contribution in [3.05, 3.63) is 65.2 Å². The van der Waals surface area contributed by atoms with Gasteiger partial charge in [-0.05, 0) is 56.3 Å². The van der Waals surface area contributed by atoms with Gasteiger partial charge in [-0.2, -0.15) is 0 Å². The number of aromatic nitrogens is 2. The largest absolute Gasteiger partial charge is 0.322 e. The second kappa shape index (κ2) is 5.52. The van der Waals surface area contributed by atoms with Crippen LogP contribution in [0.1, 0.15) is 21.7 Å². The maximum absolute atomic E-state index is 12.9. The Balaban J connectivity index is 1.90. The number of anilines is 1. The van der Waals surface area contributed by atoms with Gasteiger partial charge in [-0.3, -0.25) is 4.79 Å². The smallest absolute Gasteiger partial charge is 0.255 e. The van der Waals surface area contributed by atoms with E-state index < -0.39 is 0 Å². The maximum Gasteiger partial charge on any atom is 0.255 e. The predicted octanol–water partition coefficient (Wildman–Crippen LogP) is 3.64. The number of carbonyl (C=O) groups excluding carboxylic acids is 1. The van der Waals surface area contributed by atoms with Crippen LogP contribution in [0.15, 0.2) is 42.5 Å². The highest BCUT2D eigenvalue weighted by Gasteiger charge is 2.09. The maximum atomic E-state index is 12.9. The Morgan fingerprint density at radius 3 is 2.27 bits per heavy atom. The zero-order chi connectivity index (χ0) is 15.7. The van der Waals surface area contributed by atoms with Gasteiger partial charge in [0.15, 0.2) is 0 Å². The van der Waals surface area contributed by atoms with Crippen molar-refractivity contribution in [2.24, 2.45) is 0 Å². The van der Waals surface area contributed by atoms with E-state index in [9.17, 15) is 9.18 Å². The molecule has 2 aromatic carbocycles. The summed E-state index contributed by atoms with van der Waals surface area (Å²) in [5.74, 6) is -0.613. The lowest BCUT2D eigenvalue weighted by molar-refractivity contribution is 0.102. The number of carbonyl (C=O) groups is 1. The first-order chi connectivity index (χ1) is 10.5. The van der Waals surface area contributed by atoms with Crippen molar-refractivity contribution in [2.45, 2.75) is 13.8 Å². The van der Waals surface area contributed by atoms with Crippen molar-refractivity contribution in [2.75, 3.05) is 5.32 Å². The average Bonchev–Trinajstić information content (AvgIpc) is 2.50. The summed E-state index contributed by atoms with van der Waals surface area (Å²) in [5.41, 5.74) is 4.16. The number of halogens is 1. The van der Waals surface area contributed by atoms with Crippen LogP contribution in [0.2, 0.25) is 0 Å². The molecule has 4 nitrogen and oxygen atoms in total. The molecule has 0 saturated carbocycles. The topological polar surface area (TPSA) is 54.9 Å². The van der Waals surface area contributed by atoms with E-state index in [4.69, 9.17) is 0 Å². The number of nitrogens with zero attached hydrogens (tertiary/aromatic N) is 2. The average molecular weight is 295 g/mol. The lowest BCUT2D eigenvalue weighted by Gasteiger charge is -2.07. The summed E-state index contributed by atoms with van der Waals surface area (Å²) < 4.78 is 12.9. The first-order valence-corrected chi connectivity index (χ1v) is 6.85. The van der Waals surface area contributed by atoms with Crippen LogP contribution in [0.5, 0.6) is 0 Å². The van der Waals surface area contributed by atoms with Gasteiger partial charge < -0.3 is 5.32 Å². The summed E-state index contributed by atoms with van der Waals surface area (Å²) in [7, 11) is 0. The molecule has 5 heteroatoms. The van der Waals surface area contributed by atoms with Crippen LogP contribution in [-0.2, 0) is 0 Å². The third-order valence-corrected chi connectivity index (χ3v) is 3.44. The van der Waals surface area contributed by atoms with Gasteiger partial charge in [0.05, 0.1) is 22.4 Å². The molecule has 0 fully saturated rings. The van der Waals surface area contributed by atoms with E-state index in [1.165, 1.54) is 24.3 Å². The molecule has 110 valence electrons. The van der Waals surface area contributed by atoms with Crippen LogP contribution in [0, 0.1) is 19.7 Å². The van der Waals surface area contributed by atoms with Crippen molar-refractivity contribution in [1.29, 1.82) is 0 Å². The van der Waals surface area contributed by atoms with Crippen LogP contribution < -0.4 is 5.32 Å². The fourth-order valence-corrected chi connectivity index (χ4v) is 2.11. The lowest BCUT2D eigenvalue weighted by Crippen LogP contribution is -2.12. The van der Waals surface area contributed by atoms with E-state index in [-0.39, 0.29) is 11.7 Å². The molecule has 22 heavy (non-hydrogen) atoms. The predicted molar refractivity (Wildman–Crippen MR) is 83.4 cm³/mol. The summed E-state index contributed by atoms with van der Waals surface area (Å²) in [5, 5.41) is 2.72. The number of fused-ring (bicyclic) bond motifs is 1. The standard InChI is InChI=1S/C17H14FN3O/c1-10-11(2)20-16-9-12(3-8-15(16)19-10)17(22)21-14-6-4-13(18)5-7-14/h3-9H,1-2H3,(H,21,22). The van der Waals surface area contributed by atoms with Gasteiger partial charge in [0.2, 0.25) is 0 Å². The minimum atomic E-state index is -0.343. The molecular formula is C17H14FN3O. The second-order valence-electron chi connectivity index (χ2n) is 5.06. The third kappa shape index (κ3) is 2.79. The molecule has 1 aromatic heterocycles. The Bertz CT molecular complexity index is 860. The lowest BCUT2D eigenvalue weighted by atomic mass is 10.1. The third-order valence-electron chi connectivity index (χ3n) is 3.44. The number of nitrogens with one attached hydrogen (secondary N) is 1. The van der Waals surface area contributed by atoms with Crippen molar-refractivity contribution >= 4 is 22.6 Å². The van der Waals surface area contributed by atoms with Crippen LogP contribution >= 0.6 is 0 Å². The molecule has 0 saturated heterocycles. The van der Waals surface area contributed by atoms with Gasteiger partial charge in [0, 0.05) is 11.3 Å². The number of amides is 1. The van der Waals surface area contributed by atoms with Crippen LogP contribution in [0.4, 0.5) is 10.1 Å². The van der Waals surface area contributed by atoms with Gasteiger partial charge in [-0.15, -0.1) is 0 Å². The fourth-order valence-electron chi connectivity index (χ4n) is 2.11. The first-order valence-electron chi connectivity index (χ1n) is 6.85. The Labute approximate surface area is 127 Å². The van der Waals surface area contributed by atoms with Gasteiger partial charge in [0.1, 0.15) is 5.82 Å². The molecule has 0 radical (unpaired) electrons. The van der Waals surface area contributed by atoms with Crippen LogP contribution in [0.25, 0.3) is 11.0 Å². The SMILES string of the molecule is Cc1nc2ccc(C(=O)Nc3ccc(F)cc3)cc2nc1C.